The highest BCUT2D eigenvalue weighted by molar-refractivity contribution is 5.33. The Morgan fingerprint density at radius 2 is 1.37 bits per heavy atom. The largest absolute Gasteiger partial charge is 0.0654 e. The minimum absolute atomic E-state index is 0.832. The van der Waals surface area contributed by atoms with Crippen LogP contribution in [0, 0.1) is 12.8 Å². The maximum absolute atomic E-state index is 2.52. The van der Waals surface area contributed by atoms with Gasteiger partial charge in [-0.25, -0.2) is 0 Å². The van der Waals surface area contributed by atoms with E-state index in [0.29, 0.717) is 0 Å². The summed E-state index contributed by atoms with van der Waals surface area (Å²) in [4.78, 5) is 0. The van der Waals surface area contributed by atoms with Gasteiger partial charge in [-0.1, -0.05) is 96.3 Å². The third-order valence-electron chi connectivity index (χ3n) is 6.95. The van der Waals surface area contributed by atoms with Crippen LogP contribution < -0.4 is 0 Å². The summed E-state index contributed by atoms with van der Waals surface area (Å²) in [5.41, 5.74) is 4.75. The van der Waals surface area contributed by atoms with Crippen molar-refractivity contribution in [2.45, 2.75) is 129 Å². The van der Waals surface area contributed by atoms with E-state index in [4.69, 9.17) is 0 Å². The minimum Gasteiger partial charge on any atom is -0.0654 e. The van der Waals surface area contributed by atoms with Gasteiger partial charge in [0.15, 0.2) is 0 Å². The van der Waals surface area contributed by atoms with E-state index < -0.39 is 0 Å². The molecule has 0 spiro atoms. The molecule has 0 aliphatic heterocycles. The van der Waals surface area contributed by atoms with Crippen LogP contribution in [0.15, 0.2) is 18.2 Å². The Bertz CT molecular complexity index is 493. The summed E-state index contributed by atoms with van der Waals surface area (Å²) in [5.74, 6) is 1.85. The van der Waals surface area contributed by atoms with Crippen LogP contribution in [-0.4, -0.2) is 0 Å². The van der Waals surface area contributed by atoms with Crippen molar-refractivity contribution in [3.8, 4) is 0 Å². The van der Waals surface area contributed by atoms with E-state index in [1.807, 2.05) is 0 Å². The van der Waals surface area contributed by atoms with Gasteiger partial charge in [0, 0.05) is 0 Å². The maximum Gasteiger partial charge on any atom is -0.0162 e. The van der Waals surface area contributed by atoms with Crippen LogP contribution in [0.3, 0.4) is 0 Å². The summed E-state index contributed by atoms with van der Waals surface area (Å²) in [5, 5.41) is 0. The number of aryl methyl sites for hydroxylation is 2. The molecule has 1 aliphatic carbocycles. The number of hydrogen-bond donors (Lipinski definition) is 0. The quantitative estimate of drug-likeness (QED) is 0.304. The molecule has 0 radical (unpaired) electrons. The molecule has 2 rings (SSSR count). The molecule has 0 saturated heterocycles. The van der Waals surface area contributed by atoms with Crippen LogP contribution >= 0.6 is 0 Å². The lowest BCUT2D eigenvalue weighted by molar-refractivity contribution is 0.301. The van der Waals surface area contributed by atoms with Gasteiger partial charge in [0.25, 0.3) is 0 Å². The molecule has 0 amide bonds. The Balaban J connectivity index is 1.65. The number of rotatable bonds is 13. The lowest BCUT2D eigenvalue weighted by atomic mass is 9.76. The number of hydrogen-bond acceptors (Lipinski definition) is 0. The molecule has 1 saturated carbocycles. The van der Waals surface area contributed by atoms with E-state index in [1.165, 1.54) is 108 Å². The van der Waals surface area contributed by atoms with Crippen molar-refractivity contribution < 1.29 is 0 Å². The van der Waals surface area contributed by atoms with Gasteiger partial charge < -0.3 is 0 Å². The zero-order chi connectivity index (χ0) is 19.3. The highest BCUT2D eigenvalue weighted by Crippen LogP contribution is 2.38. The van der Waals surface area contributed by atoms with Crippen molar-refractivity contribution in [3.63, 3.8) is 0 Å². The first kappa shape index (κ1) is 22.5. The topological polar surface area (TPSA) is 0 Å². The normalized spacial score (nSPS) is 20.1. The Kier molecular flexibility index (Phi) is 11.2. The molecule has 0 heterocycles. The maximum atomic E-state index is 2.52. The van der Waals surface area contributed by atoms with Gasteiger partial charge in [0.1, 0.15) is 0 Å². The van der Waals surface area contributed by atoms with Crippen LogP contribution in [0.25, 0.3) is 0 Å². The fourth-order valence-corrected chi connectivity index (χ4v) is 4.99. The van der Waals surface area contributed by atoms with Crippen molar-refractivity contribution in [2.24, 2.45) is 5.92 Å². The Morgan fingerprint density at radius 3 is 2.04 bits per heavy atom. The molecule has 27 heavy (non-hydrogen) atoms. The monoisotopic (exact) mass is 370 g/mol. The summed E-state index contributed by atoms with van der Waals surface area (Å²) < 4.78 is 0. The van der Waals surface area contributed by atoms with Gasteiger partial charge in [0.2, 0.25) is 0 Å². The highest BCUT2D eigenvalue weighted by atomic mass is 14.3. The van der Waals surface area contributed by atoms with E-state index in [1.54, 1.807) is 11.1 Å². The Morgan fingerprint density at radius 1 is 0.741 bits per heavy atom. The van der Waals surface area contributed by atoms with Crippen molar-refractivity contribution in [1.82, 2.24) is 0 Å². The Labute approximate surface area is 170 Å². The second-order valence-corrected chi connectivity index (χ2v) is 9.27. The van der Waals surface area contributed by atoms with Crippen LogP contribution in [0.1, 0.15) is 133 Å². The predicted octanol–water partition coefficient (Wildman–Crippen LogP) is 9.14. The molecule has 1 aliphatic rings. The molecule has 0 nitrogen and oxygen atoms in total. The zero-order valence-corrected chi connectivity index (χ0v) is 18.7. The number of benzene rings is 1. The fraction of sp³-hybridized carbons (Fsp3) is 0.778. The highest BCUT2D eigenvalue weighted by Gasteiger charge is 2.22. The van der Waals surface area contributed by atoms with Crippen LogP contribution in [-0.2, 0) is 6.42 Å². The van der Waals surface area contributed by atoms with E-state index in [9.17, 15) is 0 Å². The molecule has 0 N–H and O–H groups in total. The van der Waals surface area contributed by atoms with E-state index in [-0.39, 0.29) is 0 Å². The summed E-state index contributed by atoms with van der Waals surface area (Å²) in [7, 11) is 0. The van der Waals surface area contributed by atoms with Crippen LogP contribution in [0.2, 0.25) is 0 Å². The SMILES string of the molecule is CCCCCCCCCC1CCC(c2ccc(CCCCC)c(C)c2)CC1. The standard InChI is InChI=1S/C27H46/c1-4-6-8-9-10-11-13-14-24-16-18-26(19-17-24)27-21-20-25(23(3)22-27)15-12-7-5-2/h20-22,24,26H,4-19H2,1-3H3. The molecule has 1 aromatic carbocycles. The molecular weight excluding hydrogens is 324 g/mol. The third-order valence-corrected chi connectivity index (χ3v) is 6.95. The van der Waals surface area contributed by atoms with E-state index in [0.717, 1.165) is 11.8 Å². The lowest BCUT2D eigenvalue weighted by Crippen LogP contribution is -2.13. The summed E-state index contributed by atoms with van der Waals surface area (Å²) in [6, 6.07) is 7.41. The summed E-state index contributed by atoms with van der Waals surface area (Å²) in [6.07, 6.45) is 22.7. The fourth-order valence-electron chi connectivity index (χ4n) is 4.99. The molecule has 154 valence electrons. The first-order chi connectivity index (χ1) is 13.2. The predicted molar refractivity (Wildman–Crippen MR) is 122 cm³/mol. The average molecular weight is 371 g/mol. The second kappa shape index (κ2) is 13.4. The van der Waals surface area contributed by atoms with Crippen molar-refractivity contribution in [2.75, 3.05) is 0 Å². The Hall–Kier alpha value is -0.780. The second-order valence-electron chi connectivity index (χ2n) is 9.27. The first-order valence-electron chi connectivity index (χ1n) is 12.3. The average Bonchev–Trinajstić information content (AvgIpc) is 2.69. The van der Waals surface area contributed by atoms with Crippen molar-refractivity contribution in [3.05, 3.63) is 34.9 Å². The molecule has 0 atom stereocenters. The molecule has 0 heteroatoms. The van der Waals surface area contributed by atoms with Crippen LogP contribution in [0.4, 0.5) is 0 Å². The molecule has 0 unspecified atom stereocenters. The third kappa shape index (κ3) is 8.41. The van der Waals surface area contributed by atoms with Crippen molar-refractivity contribution >= 4 is 0 Å². The van der Waals surface area contributed by atoms with Gasteiger partial charge in [0.05, 0.1) is 0 Å². The zero-order valence-electron chi connectivity index (χ0n) is 18.7. The summed E-state index contributed by atoms with van der Waals surface area (Å²) in [6.45, 7) is 6.93. The van der Waals surface area contributed by atoms with Gasteiger partial charge >= 0.3 is 0 Å². The minimum atomic E-state index is 0.832. The molecule has 0 aromatic heterocycles. The molecule has 1 aromatic rings. The van der Waals surface area contributed by atoms with Gasteiger partial charge in [-0.15, -0.1) is 0 Å². The summed E-state index contributed by atoms with van der Waals surface area (Å²) >= 11 is 0. The van der Waals surface area contributed by atoms with Gasteiger partial charge in [-0.2, -0.15) is 0 Å². The van der Waals surface area contributed by atoms with Gasteiger partial charge in [-0.05, 0) is 74.0 Å². The molecule has 1 fully saturated rings. The van der Waals surface area contributed by atoms with Crippen molar-refractivity contribution in [1.29, 1.82) is 0 Å². The van der Waals surface area contributed by atoms with Gasteiger partial charge in [-0.3, -0.25) is 0 Å². The molecular formula is C27H46. The van der Waals surface area contributed by atoms with Crippen LogP contribution in [0.5, 0.6) is 0 Å². The smallest absolute Gasteiger partial charge is 0.0162 e. The van der Waals surface area contributed by atoms with E-state index in [2.05, 4.69) is 39.0 Å². The number of unbranched alkanes of at least 4 members (excludes halogenated alkanes) is 8. The van der Waals surface area contributed by atoms with E-state index >= 15 is 0 Å². The lowest BCUT2D eigenvalue weighted by Gasteiger charge is -2.29. The first-order valence-corrected chi connectivity index (χ1v) is 12.3. The molecule has 0 bridgehead atoms.